The number of nitrogens with zero attached hydrogens (tertiary/aromatic N) is 2. The first-order chi connectivity index (χ1) is 9.56. The molecule has 5 heteroatoms. The van der Waals surface area contributed by atoms with Crippen LogP contribution in [0.5, 0.6) is 0 Å². The van der Waals surface area contributed by atoms with Crippen LogP contribution >= 0.6 is 0 Å². The zero-order valence-electron chi connectivity index (χ0n) is 11.0. The summed E-state index contributed by atoms with van der Waals surface area (Å²) in [4.78, 5) is 12.4. The van der Waals surface area contributed by atoms with Crippen molar-refractivity contribution in [2.75, 3.05) is 0 Å². The molecule has 0 atom stereocenters. The first kappa shape index (κ1) is 12.5. The van der Waals surface area contributed by atoms with Crippen molar-refractivity contribution in [2.24, 2.45) is 0 Å². The topological polar surface area (TPSA) is 56.0 Å². The van der Waals surface area contributed by atoms with Crippen molar-refractivity contribution in [3.8, 4) is 0 Å². The Morgan fingerprint density at radius 1 is 1.20 bits per heavy atom. The smallest absolute Gasteiger partial charge is 0.230 e. The molecule has 0 saturated heterocycles. The number of hydrogen-bond donors (Lipinski definition) is 0. The Bertz CT molecular complexity index is 824. The van der Waals surface area contributed by atoms with E-state index in [4.69, 9.17) is 4.42 Å². The van der Waals surface area contributed by atoms with Gasteiger partial charge in [0.2, 0.25) is 5.78 Å². The molecule has 3 aromatic rings. The Morgan fingerprint density at radius 2 is 2.00 bits per heavy atom. The zero-order valence-corrected chi connectivity index (χ0v) is 11.0. The number of halogens is 1. The van der Waals surface area contributed by atoms with Crippen molar-refractivity contribution in [2.45, 2.75) is 13.8 Å². The molecule has 0 aliphatic rings. The largest absolute Gasteiger partial charge is 0.449 e. The number of aryl methyl sites for hydroxylation is 2. The van der Waals surface area contributed by atoms with Crippen molar-refractivity contribution < 1.29 is 13.6 Å². The van der Waals surface area contributed by atoms with Gasteiger partial charge in [0.05, 0.1) is 17.0 Å². The summed E-state index contributed by atoms with van der Waals surface area (Å²) in [6.45, 7) is 3.45. The van der Waals surface area contributed by atoms with E-state index in [1.165, 1.54) is 12.1 Å². The van der Waals surface area contributed by atoms with Crippen molar-refractivity contribution in [3.63, 3.8) is 0 Å². The molecule has 100 valence electrons. The van der Waals surface area contributed by atoms with Gasteiger partial charge >= 0.3 is 0 Å². The molecule has 0 saturated carbocycles. The minimum atomic E-state index is -0.484. The number of para-hydroxylation sites is 1. The van der Waals surface area contributed by atoms with Gasteiger partial charge in [-0.15, -0.1) is 0 Å². The van der Waals surface area contributed by atoms with Gasteiger partial charge in [0.1, 0.15) is 0 Å². The maximum absolute atomic E-state index is 13.6. The van der Waals surface area contributed by atoms with Crippen LogP contribution in [0.25, 0.3) is 11.0 Å². The van der Waals surface area contributed by atoms with Gasteiger partial charge in [-0.1, -0.05) is 12.1 Å². The maximum Gasteiger partial charge on any atom is 0.230 e. The van der Waals surface area contributed by atoms with Crippen LogP contribution in [0.15, 0.2) is 34.7 Å². The van der Waals surface area contributed by atoms with Crippen LogP contribution < -0.4 is 0 Å². The lowest BCUT2D eigenvalue weighted by Crippen LogP contribution is -2.06. The molecule has 2 aromatic heterocycles. The van der Waals surface area contributed by atoms with E-state index in [1.54, 1.807) is 32.0 Å². The lowest BCUT2D eigenvalue weighted by atomic mass is 10.1. The molecule has 0 aliphatic carbocycles. The molecular formula is C15H11FN2O2. The highest BCUT2D eigenvalue weighted by molar-refractivity contribution is 6.09. The molecule has 2 heterocycles. The molecule has 0 aliphatic heterocycles. The summed E-state index contributed by atoms with van der Waals surface area (Å²) >= 11 is 0. The minimum absolute atomic E-state index is 0.0900. The number of benzene rings is 1. The van der Waals surface area contributed by atoms with Gasteiger partial charge in [0.25, 0.3) is 0 Å². The number of aromatic nitrogens is 2. The molecule has 1 aromatic carbocycles. The van der Waals surface area contributed by atoms with Crippen molar-refractivity contribution in [1.29, 1.82) is 0 Å². The lowest BCUT2D eigenvalue weighted by Gasteiger charge is -2.01. The Kier molecular flexibility index (Phi) is 2.82. The Hall–Kier alpha value is -2.56. The summed E-state index contributed by atoms with van der Waals surface area (Å²) in [5.74, 6) is -0.709. The fourth-order valence-electron chi connectivity index (χ4n) is 2.05. The van der Waals surface area contributed by atoms with Gasteiger partial charge in [-0.25, -0.2) is 4.39 Å². The zero-order chi connectivity index (χ0) is 14.3. The van der Waals surface area contributed by atoms with Crippen molar-refractivity contribution >= 4 is 16.8 Å². The standard InChI is InChI=1S/C15H11FN2O2/c1-8-6-11(9(2)18-17-8)14(19)13-7-10-4-3-5-12(16)15(10)20-13/h3-7H,1-2H3. The summed E-state index contributed by atoms with van der Waals surface area (Å²) in [5.41, 5.74) is 1.66. The van der Waals surface area contributed by atoms with Gasteiger partial charge in [-0.3, -0.25) is 4.79 Å². The monoisotopic (exact) mass is 270 g/mol. The number of hydrogen-bond acceptors (Lipinski definition) is 4. The van der Waals surface area contributed by atoms with E-state index in [9.17, 15) is 9.18 Å². The summed E-state index contributed by atoms with van der Waals surface area (Å²) in [5, 5.41) is 8.35. The third kappa shape index (κ3) is 1.97. The Balaban J connectivity index is 2.13. The van der Waals surface area contributed by atoms with Crippen LogP contribution in [0, 0.1) is 19.7 Å². The van der Waals surface area contributed by atoms with Gasteiger partial charge in [0, 0.05) is 5.39 Å². The highest BCUT2D eigenvalue weighted by Gasteiger charge is 2.19. The molecule has 0 amide bonds. The number of carbonyl (C=O) groups is 1. The molecule has 0 radical (unpaired) electrons. The molecule has 0 spiro atoms. The summed E-state index contributed by atoms with van der Waals surface area (Å²) in [6.07, 6.45) is 0. The van der Waals surface area contributed by atoms with Gasteiger partial charge in [-0.2, -0.15) is 10.2 Å². The number of ketones is 1. The fourth-order valence-corrected chi connectivity index (χ4v) is 2.05. The van der Waals surface area contributed by atoms with Crippen LogP contribution in [0.1, 0.15) is 27.5 Å². The molecule has 3 rings (SSSR count). The normalized spacial score (nSPS) is 10.9. The van der Waals surface area contributed by atoms with E-state index in [0.29, 0.717) is 22.3 Å². The molecular weight excluding hydrogens is 259 g/mol. The second-order valence-electron chi connectivity index (χ2n) is 4.58. The quantitative estimate of drug-likeness (QED) is 0.671. The third-order valence-corrected chi connectivity index (χ3v) is 3.07. The van der Waals surface area contributed by atoms with Crippen molar-refractivity contribution in [3.05, 3.63) is 58.9 Å². The van der Waals surface area contributed by atoms with E-state index in [-0.39, 0.29) is 17.1 Å². The Labute approximate surface area is 114 Å². The van der Waals surface area contributed by atoms with E-state index >= 15 is 0 Å². The van der Waals surface area contributed by atoms with E-state index in [2.05, 4.69) is 10.2 Å². The van der Waals surface area contributed by atoms with Crippen molar-refractivity contribution in [1.82, 2.24) is 10.2 Å². The van der Waals surface area contributed by atoms with Crippen LogP contribution in [-0.2, 0) is 0 Å². The summed E-state index contributed by atoms with van der Waals surface area (Å²) in [6, 6.07) is 7.75. The van der Waals surface area contributed by atoms with Crippen LogP contribution in [-0.4, -0.2) is 16.0 Å². The van der Waals surface area contributed by atoms with Crippen LogP contribution in [0.4, 0.5) is 4.39 Å². The number of carbonyl (C=O) groups excluding carboxylic acids is 1. The minimum Gasteiger partial charge on any atom is -0.449 e. The summed E-state index contributed by atoms with van der Waals surface area (Å²) in [7, 11) is 0. The van der Waals surface area contributed by atoms with Gasteiger partial charge < -0.3 is 4.42 Å². The summed E-state index contributed by atoms with van der Waals surface area (Å²) < 4.78 is 18.9. The molecule has 20 heavy (non-hydrogen) atoms. The predicted octanol–water partition coefficient (Wildman–Crippen LogP) is 3.21. The van der Waals surface area contributed by atoms with Gasteiger partial charge in [-0.05, 0) is 32.0 Å². The molecule has 0 unspecified atom stereocenters. The average molecular weight is 270 g/mol. The molecule has 0 bridgehead atoms. The third-order valence-electron chi connectivity index (χ3n) is 3.07. The second-order valence-corrected chi connectivity index (χ2v) is 4.58. The van der Waals surface area contributed by atoms with E-state index in [0.717, 1.165) is 0 Å². The molecule has 4 nitrogen and oxygen atoms in total. The van der Waals surface area contributed by atoms with Crippen LogP contribution in [0.2, 0.25) is 0 Å². The number of fused-ring (bicyclic) bond motifs is 1. The predicted molar refractivity (Wildman–Crippen MR) is 71.1 cm³/mol. The highest BCUT2D eigenvalue weighted by atomic mass is 19.1. The first-order valence-electron chi connectivity index (χ1n) is 6.10. The second kappa shape index (κ2) is 4.52. The van der Waals surface area contributed by atoms with Crippen LogP contribution in [0.3, 0.4) is 0 Å². The Morgan fingerprint density at radius 3 is 2.75 bits per heavy atom. The number of rotatable bonds is 2. The lowest BCUT2D eigenvalue weighted by molar-refractivity contribution is 0.101. The van der Waals surface area contributed by atoms with Gasteiger partial charge in [0.15, 0.2) is 17.2 Å². The highest BCUT2D eigenvalue weighted by Crippen LogP contribution is 2.24. The molecule has 0 fully saturated rings. The number of furan rings is 1. The molecule has 0 N–H and O–H groups in total. The maximum atomic E-state index is 13.6. The average Bonchev–Trinajstić information content (AvgIpc) is 2.86. The van der Waals surface area contributed by atoms with E-state index < -0.39 is 5.82 Å². The fraction of sp³-hybridized carbons (Fsp3) is 0.133. The van der Waals surface area contributed by atoms with E-state index in [1.807, 2.05) is 0 Å². The first-order valence-corrected chi connectivity index (χ1v) is 6.10. The SMILES string of the molecule is Cc1cc(C(=O)c2cc3cccc(F)c3o2)c(C)nn1.